The first-order valence-corrected chi connectivity index (χ1v) is 4.84. The second kappa shape index (κ2) is 5.04. The number of hydrazine groups is 1. The highest BCUT2D eigenvalue weighted by molar-refractivity contribution is 9.10. The Labute approximate surface area is 85.3 Å². The summed E-state index contributed by atoms with van der Waals surface area (Å²) in [6.45, 7) is 2.79. The van der Waals surface area contributed by atoms with Crippen LogP contribution >= 0.6 is 15.9 Å². The SMILES string of the molecule is CCCN=C(NN)c1ccc(Br)o1. The summed E-state index contributed by atoms with van der Waals surface area (Å²) in [6.07, 6.45) is 0.979. The number of rotatable bonds is 3. The molecule has 0 atom stereocenters. The van der Waals surface area contributed by atoms with Crippen molar-refractivity contribution in [3.05, 3.63) is 22.6 Å². The number of hydrogen-bond acceptors (Lipinski definition) is 3. The zero-order valence-electron chi connectivity index (χ0n) is 7.38. The maximum absolute atomic E-state index is 5.30. The zero-order valence-corrected chi connectivity index (χ0v) is 8.97. The second-order valence-electron chi connectivity index (χ2n) is 2.48. The van der Waals surface area contributed by atoms with E-state index < -0.39 is 0 Å². The summed E-state index contributed by atoms with van der Waals surface area (Å²) in [5, 5.41) is 0. The molecular formula is C8H12BrN3O. The fraction of sp³-hybridized carbons (Fsp3) is 0.375. The normalized spacial score (nSPS) is 11.8. The highest BCUT2D eigenvalue weighted by atomic mass is 79.9. The van der Waals surface area contributed by atoms with Crippen LogP contribution in [0.5, 0.6) is 0 Å². The van der Waals surface area contributed by atoms with Crippen molar-refractivity contribution in [1.82, 2.24) is 5.43 Å². The van der Waals surface area contributed by atoms with Crippen molar-refractivity contribution in [1.29, 1.82) is 0 Å². The first-order chi connectivity index (χ1) is 6.27. The van der Waals surface area contributed by atoms with Crippen molar-refractivity contribution >= 4 is 21.8 Å². The number of furan rings is 1. The molecular weight excluding hydrogens is 234 g/mol. The molecule has 3 N–H and O–H groups in total. The van der Waals surface area contributed by atoms with Gasteiger partial charge in [-0.1, -0.05) is 6.92 Å². The molecule has 1 rings (SSSR count). The molecule has 0 saturated heterocycles. The molecule has 0 aliphatic carbocycles. The van der Waals surface area contributed by atoms with Crippen LogP contribution in [0, 0.1) is 0 Å². The largest absolute Gasteiger partial charge is 0.446 e. The first kappa shape index (κ1) is 10.3. The summed E-state index contributed by atoms with van der Waals surface area (Å²) in [4.78, 5) is 4.21. The van der Waals surface area contributed by atoms with Gasteiger partial charge in [-0.15, -0.1) is 0 Å². The third-order valence-corrected chi connectivity index (χ3v) is 1.86. The van der Waals surface area contributed by atoms with E-state index in [0.29, 0.717) is 16.3 Å². The monoisotopic (exact) mass is 245 g/mol. The number of halogens is 1. The third kappa shape index (κ3) is 2.86. The second-order valence-corrected chi connectivity index (χ2v) is 3.26. The molecule has 0 aliphatic rings. The van der Waals surface area contributed by atoms with Gasteiger partial charge in [0.25, 0.3) is 0 Å². The van der Waals surface area contributed by atoms with Gasteiger partial charge in [0.15, 0.2) is 16.3 Å². The summed E-state index contributed by atoms with van der Waals surface area (Å²) in [5.41, 5.74) is 2.50. The Morgan fingerprint density at radius 2 is 2.46 bits per heavy atom. The standard InChI is InChI=1S/C8H12BrN3O/c1-2-5-11-8(12-10)6-3-4-7(9)13-6/h3-4H,2,5,10H2,1H3,(H,11,12). The fourth-order valence-electron chi connectivity index (χ4n) is 0.860. The third-order valence-electron chi connectivity index (χ3n) is 1.44. The summed E-state index contributed by atoms with van der Waals surface area (Å²) >= 11 is 3.21. The predicted molar refractivity (Wildman–Crippen MR) is 55.4 cm³/mol. The number of nitrogens with zero attached hydrogens (tertiary/aromatic N) is 1. The van der Waals surface area contributed by atoms with Crippen LogP contribution in [0.1, 0.15) is 19.1 Å². The van der Waals surface area contributed by atoms with Crippen LogP contribution in [0.25, 0.3) is 0 Å². The highest BCUT2D eigenvalue weighted by Gasteiger charge is 2.05. The van der Waals surface area contributed by atoms with E-state index in [1.807, 2.05) is 0 Å². The van der Waals surface area contributed by atoms with Crippen LogP contribution in [0.4, 0.5) is 0 Å². The molecule has 0 spiro atoms. The van der Waals surface area contributed by atoms with Gasteiger partial charge in [-0.3, -0.25) is 4.99 Å². The Bertz CT molecular complexity index is 295. The van der Waals surface area contributed by atoms with Gasteiger partial charge in [0, 0.05) is 6.54 Å². The summed E-state index contributed by atoms with van der Waals surface area (Å²) in [6, 6.07) is 3.60. The highest BCUT2D eigenvalue weighted by Crippen LogP contribution is 2.13. The van der Waals surface area contributed by atoms with Crippen LogP contribution in [-0.2, 0) is 0 Å². The van der Waals surface area contributed by atoms with Gasteiger partial charge in [0.05, 0.1) is 0 Å². The molecule has 0 aliphatic heterocycles. The Balaban J connectivity index is 2.77. The molecule has 5 heteroatoms. The maximum atomic E-state index is 5.30. The van der Waals surface area contributed by atoms with Crippen LogP contribution in [-0.4, -0.2) is 12.4 Å². The van der Waals surface area contributed by atoms with Gasteiger partial charge < -0.3 is 9.84 Å². The van der Waals surface area contributed by atoms with E-state index in [1.54, 1.807) is 12.1 Å². The van der Waals surface area contributed by atoms with Crippen molar-refractivity contribution in [2.75, 3.05) is 6.54 Å². The van der Waals surface area contributed by atoms with E-state index in [-0.39, 0.29) is 0 Å². The number of nitrogens with two attached hydrogens (primary N) is 1. The molecule has 72 valence electrons. The van der Waals surface area contributed by atoms with Gasteiger partial charge in [-0.2, -0.15) is 0 Å². The Kier molecular flexibility index (Phi) is 3.98. The average molecular weight is 246 g/mol. The van der Waals surface area contributed by atoms with Gasteiger partial charge in [0.2, 0.25) is 0 Å². The number of aliphatic imine (C=N–C) groups is 1. The molecule has 4 nitrogen and oxygen atoms in total. The number of hydrogen-bond donors (Lipinski definition) is 2. The van der Waals surface area contributed by atoms with Gasteiger partial charge in [0.1, 0.15) is 0 Å². The Morgan fingerprint density at radius 1 is 1.69 bits per heavy atom. The molecule has 0 aromatic carbocycles. The molecule has 0 fully saturated rings. The smallest absolute Gasteiger partial charge is 0.179 e. The minimum absolute atomic E-state index is 0.576. The van der Waals surface area contributed by atoms with Gasteiger partial charge in [-0.05, 0) is 34.5 Å². The fourth-order valence-corrected chi connectivity index (χ4v) is 1.17. The quantitative estimate of drug-likeness (QED) is 0.369. The van der Waals surface area contributed by atoms with Crippen molar-refractivity contribution < 1.29 is 4.42 Å². The van der Waals surface area contributed by atoms with E-state index in [1.165, 1.54) is 0 Å². The molecule has 1 heterocycles. The Hall–Kier alpha value is -0.810. The van der Waals surface area contributed by atoms with Crippen molar-refractivity contribution in [2.45, 2.75) is 13.3 Å². The number of amidine groups is 1. The van der Waals surface area contributed by atoms with Gasteiger partial charge in [-0.25, -0.2) is 5.84 Å². The summed E-state index contributed by atoms with van der Waals surface area (Å²) < 4.78 is 5.95. The Morgan fingerprint density at radius 3 is 2.92 bits per heavy atom. The average Bonchev–Trinajstić information content (AvgIpc) is 2.54. The predicted octanol–water partition coefficient (Wildman–Crippen LogP) is 1.66. The van der Waals surface area contributed by atoms with Crippen LogP contribution in [0.3, 0.4) is 0 Å². The van der Waals surface area contributed by atoms with E-state index in [4.69, 9.17) is 10.3 Å². The zero-order chi connectivity index (χ0) is 9.68. The molecule has 0 saturated carbocycles. The molecule has 1 aromatic heterocycles. The van der Waals surface area contributed by atoms with E-state index in [2.05, 4.69) is 33.3 Å². The molecule has 1 aromatic rings. The van der Waals surface area contributed by atoms with E-state index >= 15 is 0 Å². The van der Waals surface area contributed by atoms with Crippen molar-refractivity contribution in [3.63, 3.8) is 0 Å². The first-order valence-electron chi connectivity index (χ1n) is 4.04. The lowest BCUT2D eigenvalue weighted by Crippen LogP contribution is -2.31. The summed E-state index contributed by atoms with van der Waals surface area (Å²) in [5.74, 6) is 6.52. The maximum Gasteiger partial charge on any atom is 0.179 e. The number of nitrogens with one attached hydrogen (secondary N) is 1. The lowest BCUT2D eigenvalue weighted by Gasteiger charge is -2.00. The molecule has 0 unspecified atom stereocenters. The molecule has 0 bridgehead atoms. The lowest BCUT2D eigenvalue weighted by molar-refractivity contribution is 0.528. The van der Waals surface area contributed by atoms with Crippen LogP contribution in [0.15, 0.2) is 26.2 Å². The molecule has 0 radical (unpaired) electrons. The van der Waals surface area contributed by atoms with E-state index in [0.717, 1.165) is 13.0 Å². The van der Waals surface area contributed by atoms with Gasteiger partial charge >= 0.3 is 0 Å². The lowest BCUT2D eigenvalue weighted by atomic mass is 10.4. The van der Waals surface area contributed by atoms with Crippen molar-refractivity contribution in [2.24, 2.45) is 10.8 Å². The molecule has 13 heavy (non-hydrogen) atoms. The summed E-state index contributed by atoms with van der Waals surface area (Å²) in [7, 11) is 0. The van der Waals surface area contributed by atoms with E-state index in [9.17, 15) is 0 Å². The van der Waals surface area contributed by atoms with Crippen molar-refractivity contribution in [3.8, 4) is 0 Å². The molecule has 0 amide bonds. The topological polar surface area (TPSA) is 63.5 Å². The minimum atomic E-state index is 0.576. The van der Waals surface area contributed by atoms with Crippen LogP contribution in [0.2, 0.25) is 0 Å². The van der Waals surface area contributed by atoms with Crippen LogP contribution < -0.4 is 11.3 Å². The minimum Gasteiger partial charge on any atom is -0.446 e.